The van der Waals surface area contributed by atoms with Gasteiger partial charge in [-0.1, -0.05) is 38.3 Å². The summed E-state index contributed by atoms with van der Waals surface area (Å²) in [4.78, 5) is 3.97. The first-order chi connectivity index (χ1) is 9.60. The Labute approximate surface area is 123 Å². The minimum Gasteiger partial charge on any atom is -0.245 e. The molecule has 0 bridgehead atoms. The third kappa shape index (κ3) is 5.87. The van der Waals surface area contributed by atoms with Crippen molar-refractivity contribution in [1.82, 2.24) is 4.98 Å². The number of rotatable bonds is 10. The highest BCUT2D eigenvalue weighted by molar-refractivity contribution is 7.91. The molecule has 0 aliphatic heterocycles. The van der Waals surface area contributed by atoms with E-state index in [1.807, 2.05) is 6.08 Å². The molecule has 0 spiro atoms. The fourth-order valence-corrected chi connectivity index (χ4v) is 3.91. The zero-order valence-corrected chi connectivity index (χ0v) is 13.1. The lowest BCUT2D eigenvalue weighted by Crippen LogP contribution is -2.17. The van der Waals surface area contributed by atoms with Gasteiger partial charge in [-0.3, -0.25) is 0 Å². The highest BCUT2D eigenvalue weighted by Gasteiger charge is 2.21. The summed E-state index contributed by atoms with van der Waals surface area (Å²) >= 11 is 0. The van der Waals surface area contributed by atoms with Crippen LogP contribution in [0.1, 0.15) is 45.4 Å². The van der Waals surface area contributed by atoms with E-state index in [0.717, 1.165) is 38.5 Å². The average molecular weight is 295 g/mol. The van der Waals surface area contributed by atoms with Gasteiger partial charge in [-0.05, 0) is 37.3 Å². The molecule has 1 rings (SSSR count). The zero-order valence-electron chi connectivity index (χ0n) is 12.3. The summed E-state index contributed by atoms with van der Waals surface area (Å²) in [6.07, 6.45) is 9.52. The first-order valence-electron chi connectivity index (χ1n) is 7.34. The second kappa shape index (κ2) is 8.90. The number of aromatic nitrogens is 1. The minimum absolute atomic E-state index is 0.194. The van der Waals surface area contributed by atoms with Gasteiger partial charge in [0.15, 0.2) is 14.9 Å². The van der Waals surface area contributed by atoms with Crippen molar-refractivity contribution in [3.8, 4) is 0 Å². The molecule has 1 aromatic rings. The maximum atomic E-state index is 12.4. The van der Waals surface area contributed by atoms with Crippen LogP contribution in [0.25, 0.3) is 0 Å². The van der Waals surface area contributed by atoms with E-state index in [1.54, 1.807) is 18.2 Å². The van der Waals surface area contributed by atoms with E-state index in [0.29, 0.717) is 0 Å². The van der Waals surface area contributed by atoms with E-state index in [-0.39, 0.29) is 16.7 Å². The third-order valence-corrected chi connectivity index (χ3v) is 5.20. The predicted molar refractivity (Wildman–Crippen MR) is 83.4 cm³/mol. The van der Waals surface area contributed by atoms with Crippen LogP contribution in [-0.2, 0) is 9.84 Å². The van der Waals surface area contributed by atoms with E-state index in [1.165, 1.54) is 6.20 Å². The van der Waals surface area contributed by atoms with Crippen LogP contribution in [0.3, 0.4) is 0 Å². The van der Waals surface area contributed by atoms with Crippen LogP contribution in [0.2, 0.25) is 0 Å². The summed E-state index contributed by atoms with van der Waals surface area (Å²) in [6.45, 7) is 5.88. The number of hydrogen-bond acceptors (Lipinski definition) is 3. The molecule has 1 heterocycles. The Balaban J connectivity index is 2.69. The molecule has 1 aromatic heterocycles. The van der Waals surface area contributed by atoms with Crippen LogP contribution in [0, 0.1) is 5.92 Å². The highest BCUT2D eigenvalue weighted by Crippen LogP contribution is 2.21. The van der Waals surface area contributed by atoms with Crippen molar-refractivity contribution >= 4 is 9.84 Å². The molecule has 112 valence electrons. The molecule has 0 aliphatic carbocycles. The summed E-state index contributed by atoms with van der Waals surface area (Å²) in [5.41, 5.74) is 0. The summed E-state index contributed by atoms with van der Waals surface area (Å²) in [6, 6.07) is 5.02. The number of nitrogens with zero attached hydrogens (tertiary/aromatic N) is 1. The molecule has 4 heteroatoms. The Morgan fingerprint density at radius 3 is 2.70 bits per heavy atom. The molecule has 0 aliphatic rings. The largest absolute Gasteiger partial charge is 0.245 e. The topological polar surface area (TPSA) is 47.0 Å². The van der Waals surface area contributed by atoms with E-state index in [9.17, 15) is 8.42 Å². The van der Waals surface area contributed by atoms with Crippen molar-refractivity contribution in [3.63, 3.8) is 0 Å². The molecule has 0 N–H and O–H groups in total. The van der Waals surface area contributed by atoms with Crippen LogP contribution in [0.15, 0.2) is 42.1 Å². The molecule has 0 saturated carbocycles. The maximum Gasteiger partial charge on any atom is 0.195 e. The summed E-state index contributed by atoms with van der Waals surface area (Å²) in [5, 5.41) is 0.194. The van der Waals surface area contributed by atoms with Crippen molar-refractivity contribution in [3.05, 3.63) is 37.1 Å². The lowest BCUT2D eigenvalue weighted by molar-refractivity contribution is 0.462. The zero-order chi connectivity index (χ0) is 14.8. The molecule has 20 heavy (non-hydrogen) atoms. The normalized spacial score (nSPS) is 13.1. The molecule has 0 unspecified atom stereocenters. The number of allylic oxidation sites excluding steroid dienone is 1. The molecular weight excluding hydrogens is 270 g/mol. The number of unbranched alkanes of at least 4 members (excludes halogenated alkanes) is 2. The SMILES string of the molecule is C=CCC[C@H](CCCCC)CS(=O)(=O)c1ccccn1. The van der Waals surface area contributed by atoms with E-state index in [2.05, 4.69) is 18.5 Å². The number of hydrogen-bond donors (Lipinski definition) is 0. The molecule has 0 fully saturated rings. The van der Waals surface area contributed by atoms with Gasteiger partial charge in [0.25, 0.3) is 0 Å². The minimum atomic E-state index is -3.27. The van der Waals surface area contributed by atoms with Gasteiger partial charge in [0.05, 0.1) is 5.75 Å². The van der Waals surface area contributed by atoms with Gasteiger partial charge in [-0.15, -0.1) is 6.58 Å². The molecule has 0 radical (unpaired) electrons. The highest BCUT2D eigenvalue weighted by atomic mass is 32.2. The van der Waals surface area contributed by atoms with Crippen molar-refractivity contribution < 1.29 is 8.42 Å². The molecular formula is C16H25NO2S. The second-order valence-corrected chi connectivity index (χ2v) is 7.16. The molecule has 1 atom stereocenters. The fourth-order valence-electron chi connectivity index (χ4n) is 2.27. The second-order valence-electron chi connectivity index (χ2n) is 5.18. The predicted octanol–water partition coefficient (Wildman–Crippen LogP) is 4.02. The summed E-state index contributed by atoms with van der Waals surface area (Å²) < 4.78 is 24.7. The van der Waals surface area contributed by atoms with Crippen molar-refractivity contribution in [2.45, 2.75) is 50.5 Å². The monoisotopic (exact) mass is 295 g/mol. The van der Waals surface area contributed by atoms with Crippen LogP contribution in [0.5, 0.6) is 0 Å². The van der Waals surface area contributed by atoms with Crippen LogP contribution in [-0.4, -0.2) is 19.2 Å². The van der Waals surface area contributed by atoms with Gasteiger partial charge in [0.1, 0.15) is 0 Å². The van der Waals surface area contributed by atoms with Crippen LogP contribution < -0.4 is 0 Å². The lowest BCUT2D eigenvalue weighted by atomic mass is 9.98. The van der Waals surface area contributed by atoms with E-state index in [4.69, 9.17) is 0 Å². The Morgan fingerprint density at radius 2 is 2.10 bits per heavy atom. The quantitative estimate of drug-likeness (QED) is 0.484. The van der Waals surface area contributed by atoms with E-state index >= 15 is 0 Å². The Hall–Kier alpha value is -1.16. The molecule has 0 aromatic carbocycles. The third-order valence-electron chi connectivity index (χ3n) is 3.41. The molecule has 0 saturated heterocycles. The van der Waals surface area contributed by atoms with Gasteiger partial charge < -0.3 is 0 Å². The summed E-state index contributed by atoms with van der Waals surface area (Å²) in [7, 11) is -3.27. The van der Waals surface area contributed by atoms with Crippen LogP contribution >= 0.6 is 0 Å². The van der Waals surface area contributed by atoms with Gasteiger partial charge in [-0.25, -0.2) is 13.4 Å². The fraction of sp³-hybridized carbons (Fsp3) is 0.562. The van der Waals surface area contributed by atoms with Crippen LogP contribution in [0.4, 0.5) is 0 Å². The first kappa shape index (κ1) is 16.9. The van der Waals surface area contributed by atoms with Crippen molar-refractivity contribution in [1.29, 1.82) is 0 Å². The molecule has 0 amide bonds. The Kier molecular flexibility index (Phi) is 7.52. The Morgan fingerprint density at radius 1 is 1.30 bits per heavy atom. The van der Waals surface area contributed by atoms with E-state index < -0.39 is 9.84 Å². The number of sulfone groups is 1. The lowest BCUT2D eigenvalue weighted by Gasteiger charge is -2.16. The van der Waals surface area contributed by atoms with Gasteiger partial charge in [0, 0.05) is 6.20 Å². The van der Waals surface area contributed by atoms with Gasteiger partial charge >= 0.3 is 0 Å². The molecule has 3 nitrogen and oxygen atoms in total. The van der Waals surface area contributed by atoms with Crippen molar-refractivity contribution in [2.75, 3.05) is 5.75 Å². The maximum absolute atomic E-state index is 12.4. The smallest absolute Gasteiger partial charge is 0.195 e. The summed E-state index contributed by atoms with van der Waals surface area (Å²) in [5.74, 6) is 0.397. The van der Waals surface area contributed by atoms with Crippen molar-refractivity contribution in [2.24, 2.45) is 5.92 Å². The standard InChI is InChI=1S/C16H25NO2S/c1-3-5-7-11-15(10-6-4-2)14-20(18,19)16-12-8-9-13-17-16/h4,8-9,12-13,15H,2-3,5-7,10-11,14H2,1H3/t15-/m1/s1. The van der Waals surface area contributed by atoms with Gasteiger partial charge in [-0.2, -0.15) is 0 Å². The first-order valence-corrected chi connectivity index (χ1v) is 9.00. The van der Waals surface area contributed by atoms with Gasteiger partial charge in [0.2, 0.25) is 0 Å². The Bertz CT molecular complexity index is 482. The number of pyridine rings is 1. The average Bonchev–Trinajstić information content (AvgIpc) is 2.45.